The number of alkyl halides is 3. The first-order valence-electron chi connectivity index (χ1n) is 5.50. The summed E-state index contributed by atoms with van der Waals surface area (Å²) < 4.78 is 40.8. The molecule has 0 unspecified atom stereocenters. The molecule has 0 radical (unpaired) electrons. The Bertz CT molecular complexity index is 363. The summed E-state index contributed by atoms with van der Waals surface area (Å²) in [5.74, 6) is 0.208. The minimum Gasteiger partial charge on any atom is -0.467 e. The van der Waals surface area contributed by atoms with Crippen LogP contribution >= 0.6 is 0 Å². The van der Waals surface area contributed by atoms with E-state index in [0.717, 1.165) is 0 Å². The maximum Gasteiger partial charge on any atom is 0.401 e. The van der Waals surface area contributed by atoms with Crippen molar-refractivity contribution in [2.24, 2.45) is 0 Å². The van der Waals surface area contributed by atoms with E-state index in [0.29, 0.717) is 12.3 Å². The van der Waals surface area contributed by atoms with Gasteiger partial charge < -0.3 is 14.6 Å². The molecule has 1 amide bonds. The summed E-state index contributed by atoms with van der Waals surface area (Å²) in [4.78, 5) is 13.1. The van der Waals surface area contributed by atoms with E-state index in [9.17, 15) is 18.0 Å². The predicted molar refractivity (Wildman–Crippen MR) is 58.7 cm³/mol. The standard InChI is InChI=1S/C11H15F3N2O2/c1-2-16(7-9-4-3-5-18-9)10(17)6-15-8-11(12,13)14/h3-5,15H,2,6-8H2,1H3. The number of furan rings is 1. The van der Waals surface area contributed by atoms with Crippen molar-refractivity contribution in [2.45, 2.75) is 19.6 Å². The summed E-state index contributed by atoms with van der Waals surface area (Å²) >= 11 is 0. The van der Waals surface area contributed by atoms with Crippen molar-refractivity contribution in [2.75, 3.05) is 19.6 Å². The zero-order chi connectivity index (χ0) is 13.6. The number of hydrogen-bond acceptors (Lipinski definition) is 3. The maximum atomic E-state index is 11.9. The lowest BCUT2D eigenvalue weighted by Gasteiger charge is -2.20. The highest BCUT2D eigenvalue weighted by Crippen LogP contribution is 2.12. The van der Waals surface area contributed by atoms with Crippen LogP contribution in [0, 0.1) is 0 Å². The summed E-state index contributed by atoms with van der Waals surface area (Å²) in [5.41, 5.74) is 0. The molecule has 0 bridgehead atoms. The molecule has 0 saturated carbocycles. The van der Waals surface area contributed by atoms with Gasteiger partial charge in [0.2, 0.25) is 5.91 Å². The van der Waals surface area contributed by atoms with Crippen molar-refractivity contribution in [3.05, 3.63) is 24.2 Å². The minimum atomic E-state index is -4.31. The zero-order valence-electron chi connectivity index (χ0n) is 9.96. The topological polar surface area (TPSA) is 45.5 Å². The number of rotatable bonds is 6. The fourth-order valence-electron chi connectivity index (χ4n) is 1.39. The van der Waals surface area contributed by atoms with E-state index in [-0.39, 0.29) is 13.1 Å². The molecule has 18 heavy (non-hydrogen) atoms. The summed E-state index contributed by atoms with van der Waals surface area (Å²) in [6, 6.07) is 3.40. The lowest BCUT2D eigenvalue weighted by Crippen LogP contribution is -2.40. The summed E-state index contributed by atoms with van der Waals surface area (Å²) in [7, 11) is 0. The predicted octanol–water partition coefficient (Wildman–Crippen LogP) is 1.78. The molecule has 0 atom stereocenters. The van der Waals surface area contributed by atoms with Crippen molar-refractivity contribution < 1.29 is 22.4 Å². The van der Waals surface area contributed by atoms with Gasteiger partial charge in [0, 0.05) is 6.54 Å². The quantitative estimate of drug-likeness (QED) is 0.852. The van der Waals surface area contributed by atoms with Crippen LogP contribution in [0.3, 0.4) is 0 Å². The number of amides is 1. The normalized spacial score (nSPS) is 11.6. The van der Waals surface area contributed by atoms with Gasteiger partial charge in [-0.3, -0.25) is 4.79 Å². The second kappa shape index (κ2) is 6.44. The summed E-state index contributed by atoms with van der Waals surface area (Å²) in [6.07, 6.45) is -2.83. The Morgan fingerprint density at radius 3 is 2.72 bits per heavy atom. The Hall–Kier alpha value is -1.50. The van der Waals surface area contributed by atoms with Gasteiger partial charge in [-0.15, -0.1) is 0 Å². The molecule has 0 aliphatic carbocycles. The molecule has 0 fully saturated rings. The van der Waals surface area contributed by atoms with Gasteiger partial charge in [-0.25, -0.2) is 0 Å². The van der Waals surface area contributed by atoms with Crippen LogP contribution in [0.2, 0.25) is 0 Å². The zero-order valence-corrected chi connectivity index (χ0v) is 9.96. The molecule has 1 aromatic rings. The van der Waals surface area contributed by atoms with Crippen molar-refractivity contribution in [1.29, 1.82) is 0 Å². The molecule has 1 heterocycles. The van der Waals surface area contributed by atoms with Gasteiger partial charge in [0.05, 0.1) is 25.9 Å². The summed E-state index contributed by atoms with van der Waals surface area (Å²) in [5, 5.41) is 2.07. The molecule has 7 heteroatoms. The molecule has 0 aliphatic rings. The Labute approximate surface area is 103 Å². The van der Waals surface area contributed by atoms with E-state index >= 15 is 0 Å². The lowest BCUT2D eigenvalue weighted by molar-refractivity contribution is -0.134. The molecule has 1 aromatic heterocycles. The Morgan fingerprint density at radius 2 is 2.22 bits per heavy atom. The molecule has 1 N–H and O–H groups in total. The maximum absolute atomic E-state index is 11.9. The number of halogens is 3. The highest BCUT2D eigenvalue weighted by atomic mass is 19.4. The summed E-state index contributed by atoms with van der Waals surface area (Å²) in [6.45, 7) is 0.916. The average Bonchev–Trinajstić information content (AvgIpc) is 2.76. The van der Waals surface area contributed by atoms with Crippen LogP contribution in [-0.4, -0.2) is 36.6 Å². The third kappa shape index (κ3) is 5.22. The van der Waals surface area contributed by atoms with E-state index in [1.54, 1.807) is 19.1 Å². The smallest absolute Gasteiger partial charge is 0.401 e. The van der Waals surface area contributed by atoms with Crippen molar-refractivity contribution in [3.63, 3.8) is 0 Å². The second-order valence-corrected chi connectivity index (χ2v) is 3.71. The van der Waals surface area contributed by atoms with Crippen LogP contribution in [0.25, 0.3) is 0 Å². The van der Waals surface area contributed by atoms with Crippen molar-refractivity contribution in [3.8, 4) is 0 Å². The van der Waals surface area contributed by atoms with Crippen molar-refractivity contribution in [1.82, 2.24) is 10.2 Å². The third-order valence-corrected chi connectivity index (χ3v) is 2.26. The highest BCUT2D eigenvalue weighted by Gasteiger charge is 2.27. The van der Waals surface area contributed by atoms with Gasteiger partial charge in [0.1, 0.15) is 5.76 Å². The number of nitrogens with one attached hydrogen (secondary N) is 1. The van der Waals surface area contributed by atoms with Gasteiger partial charge in [-0.1, -0.05) is 0 Å². The molecule has 0 spiro atoms. The highest BCUT2D eigenvalue weighted by molar-refractivity contribution is 5.78. The van der Waals surface area contributed by atoms with Crippen molar-refractivity contribution >= 4 is 5.91 Å². The number of carbonyl (C=O) groups is 1. The van der Waals surface area contributed by atoms with E-state index in [2.05, 4.69) is 5.32 Å². The molecule has 0 aromatic carbocycles. The van der Waals surface area contributed by atoms with Crippen LogP contribution in [0.5, 0.6) is 0 Å². The number of hydrogen-bond donors (Lipinski definition) is 1. The second-order valence-electron chi connectivity index (χ2n) is 3.71. The van der Waals surface area contributed by atoms with Gasteiger partial charge in [-0.2, -0.15) is 13.2 Å². The van der Waals surface area contributed by atoms with Crippen LogP contribution in [0.4, 0.5) is 13.2 Å². The largest absolute Gasteiger partial charge is 0.467 e. The number of nitrogens with zero attached hydrogens (tertiary/aromatic N) is 1. The van der Waals surface area contributed by atoms with Crippen LogP contribution in [0.1, 0.15) is 12.7 Å². The molecular formula is C11H15F3N2O2. The first kappa shape index (κ1) is 14.6. The van der Waals surface area contributed by atoms with Crippen LogP contribution in [0.15, 0.2) is 22.8 Å². The Balaban J connectivity index is 2.38. The van der Waals surface area contributed by atoms with Gasteiger partial charge in [0.15, 0.2) is 0 Å². The minimum absolute atomic E-state index is 0.260. The van der Waals surface area contributed by atoms with Gasteiger partial charge in [0.25, 0.3) is 0 Å². The molecule has 0 aliphatic heterocycles. The Kier molecular flexibility index (Phi) is 5.21. The van der Waals surface area contributed by atoms with E-state index in [1.165, 1.54) is 11.2 Å². The fourth-order valence-corrected chi connectivity index (χ4v) is 1.39. The number of likely N-dealkylation sites (N-methyl/N-ethyl adjacent to an activating group) is 1. The first-order chi connectivity index (χ1) is 8.42. The number of carbonyl (C=O) groups excluding carboxylic acids is 1. The molecular weight excluding hydrogens is 249 g/mol. The average molecular weight is 264 g/mol. The van der Waals surface area contributed by atoms with E-state index in [4.69, 9.17) is 4.42 Å². The van der Waals surface area contributed by atoms with E-state index in [1.807, 2.05) is 0 Å². The van der Waals surface area contributed by atoms with Crippen LogP contribution < -0.4 is 5.32 Å². The fraction of sp³-hybridized carbons (Fsp3) is 0.545. The molecule has 0 saturated heterocycles. The lowest BCUT2D eigenvalue weighted by atomic mass is 10.3. The molecule has 102 valence electrons. The third-order valence-electron chi connectivity index (χ3n) is 2.26. The Morgan fingerprint density at radius 1 is 1.50 bits per heavy atom. The first-order valence-corrected chi connectivity index (χ1v) is 5.50. The van der Waals surface area contributed by atoms with Gasteiger partial charge >= 0.3 is 6.18 Å². The molecule has 1 rings (SSSR count). The SMILES string of the molecule is CCN(Cc1ccco1)C(=O)CNCC(F)(F)F. The van der Waals surface area contributed by atoms with E-state index < -0.39 is 18.6 Å². The van der Waals surface area contributed by atoms with Gasteiger partial charge in [-0.05, 0) is 19.1 Å². The molecule has 4 nitrogen and oxygen atoms in total. The van der Waals surface area contributed by atoms with Crippen LogP contribution in [-0.2, 0) is 11.3 Å². The monoisotopic (exact) mass is 264 g/mol.